The molecule has 3 aromatic rings. The number of amides is 2. The Morgan fingerprint density at radius 2 is 1.72 bits per heavy atom. The Balaban J connectivity index is 1.55. The number of fused-ring (bicyclic) bond motifs is 1. The van der Waals surface area contributed by atoms with Crippen LogP contribution < -0.4 is 10.9 Å². The zero-order chi connectivity index (χ0) is 17.6. The van der Waals surface area contributed by atoms with Crippen LogP contribution in [0.2, 0.25) is 0 Å². The lowest BCUT2D eigenvalue weighted by Crippen LogP contribution is -2.43. The summed E-state index contributed by atoms with van der Waals surface area (Å²) in [5.74, 6) is -1.86. The summed E-state index contributed by atoms with van der Waals surface area (Å²) in [4.78, 5) is 35.5. The van der Waals surface area contributed by atoms with Gasteiger partial charge in [-0.1, -0.05) is 36.4 Å². The minimum Gasteiger partial charge on any atom is -0.459 e. The number of hydrogen-bond donors (Lipinski definition) is 2. The van der Waals surface area contributed by atoms with Crippen LogP contribution in [-0.4, -0.2) is 24.4 Å². The number of furan rings is 1. The number of carbonyl (C=O) groups is 3. The summed E-state index contributed by atoms with van der Waals surface area (Å²) in [7, 11) is 0. The third-order valence-corrected chi connectivity index (χ3v) is 3.40. The maximum absolute atomic E-state index is 12.2. The van der Waals surface area contributed by atoms with Crippen LogP contribution in [0, 0.1) is 0 Å². The summed E-state index contributed by atoms with van der Waals surface area (Å²) in [6.07, 6.45) is 1.34. The number of hydrogen-bond acceptors (Lipinski definition) is 5. The van der Waals surface area contributed by atoms with E-state index in [1.54, 1.807) is 24.3 Å². The summed E-state index contributed by atoms with van der Waals surface area (Å²) < 4.78 is 9.87. The number of esters is 1. The van der Waals surface area contributed by atoms with Gasteiger partial charge in [0, 0.05) is 0 Å². The summed E-state index contributed by atoms with van der Waals surface area (Å²) in [6, 6.07) is 15.6. The second kappa shape index (κ2) is 7.31. The molecule has 2 aromatic carbocycles. The van der Waals surface area contributed by atoms with Gasteiger partial charge in [0.25, 0.3) is 5.91 Å². The van der Waals surface area contributed by atoms with E-state index >= 15 is 0 Å². The molecule has 0 aliphatic rings. The van der Waals surface area contributed by atoms with Crippen LogP contribution in [0.1, 0.15) is 20.9 Å². The van der Waals surface area contributed by atoms with Gasteiger partial charge in [-0.05, 0) is 29.0 Å². The molecule has 2 N–H and O–H groups in total. The first-order chi connectivity index (χ1) is 12.1. The molecule has 3 rings (SSSR count). The van der Waals surface area contributed by atoms with Crippen molar-refractivity contribution < 1.29 is 23.5 Å². The molecule has 126 valence electrons. The number of carbonyl (C=O) groups excluding carboxylic acids is 3. The number of nitrogens with one attached hydrogen (secondary N) is 2. The molecule has 0 aliphatic carbocycles. The lowest BCUT2D eigenvalue weighted by molar-refractivity contribution is -0.125. The monoisotopic (exact) mass is 338 g/mol. The maximum Gasteiger partial charge on any atom is 0.339 e. The fourth-order valence-corrected chi connectivity index (χ4v) is 2.24. The van der Waals surface area contributed by atoms with Crippen molar-refractivity contribution in [3.05, 3.63) is 72.2 Å². The topological polar surface area (TPSA) is 97.6 Å². The molecule has 1 heterocycles. The molecule has 0 aliphatic heterocycles. The van der Waals surface area contributed by atoms with Crippen molar-refractivity contribution in [1.29, 1.82) is 0 Å². The number of benzene rings is 2. The van der Waals surface area contributed by atoms with Crippen molar-refractivity contribution >= 4 is 28.6 Å². The van der Waals surface area contributed by atoms with Crippen LogP contribution in [0.25, 0.3) is 10.8 Å². The summed E-state index contributed by atoms with van der Waals surface area (Å²) in [6.45, 7) is -0.527. The molecule has 0 radical (unpaired) electrons. The van der Waals surface area contributed by atoms with Crippen molar-refractivity contribution in [3.8, 4) is 0 Å². The average Bonchev–Trinajstić information content (AvgIpc) is 3.18. The van der Waals surface area contributed by atoms with Gasteiger partial charge in [0.15, 0.2) is 12.4 Å². The first-order valence-corrected chi connectivity index (χ1v) is 7.43. The van der Waals surface area contributed by atoms with Gasteiger partial charge in [0.2, 0.25) is 0 Å². The van der Waals surface area contributed by atoms with Gasteiger partial charge in [-0.2, -0.15) is 0 Å². The van der Waals surface area contributed by atoms with Crippen molar-refractivity contribution in [2.24, 2.45) is 0 Å². The first-order valence-electron chi connectivity index (χ1n) is 7.43. The molecule has 2 amide bonds. The SMILES string of the molecule is O=C(COC(=O)c1cccc2ccccc12)NNC(=O)c1ccco1. The third-order valence-electron chi connectivity index (χ3n) is 3.40. The van der Waals surface area contributed by atoms with Crippen molar-refractivity contribution in [3.63, 3.8) is 0 Å². The van der Waals surface area contributed by atoms with E-state index in [2.05, 4.69) is 10.9 Å². The molecule has 0 unspecified atom stereocenters. The van der Waals surface area contributed by atoms with E-state index in [9.17, 15) is 14.4 Å². The zero-order valence-corrected chi connectivity index (χ0v) is 13.0. The van der Waals surface area contributed by atoms with E-state index in [1.807, 2.05) is 24.3 Å². The molecular weight excluding hydrogens is 324 g/mol. The summed E-state index contributed by atoms with van der Waals surface area (Å²) in [5, 5.41) is 1.63. The third kappa shape index (κ3) is 3.84. The molecule has 7 heteroatoms. The minimum atomic E-state index is -0.673. The van der Waals surface area contributed by atoms with E-state index in [0.29, 0.717) is 5.56 Å². The molecule has 0 spiro atoms. The Bertz CT molecular complexity index is 913. The van der Waals surface area contributed by atoms with E-state index in [4.69, 9.17) is 9.15 Å². The first kappa shape index (κ1) is 16.3. The van der Waals surface area contributed by atoms with E-state index in [1.165, 1.54) is 12.3 Å². The molecule has 25 heavy (non-hydrogen) atoms. The zero-order valence-electron chi connectivity index (χ0n) is 13.0. The summed E-state index contributed by atoms with van der Waals surface area (Å²) in [5.41, 5.74) is 4.66. The average molecular weight is 338 g/mol. The standard InChI is InChI=1S/C18H14N2O5/c21-16(19-20-17(22)15-9-4-10-24-15)11-25-18(23)14-8-3-6-12-5-1-2-7-13(12)14/h1-10H,11H2,(H,19,21)(H,20,22). The van der Waals surface area contributed by atoms with Crippen LogP contribution >= 0.6 is 0 Å². The van der Waals surface area contributed by atoms with Gasteiger partial charge in [-0.3, -0.25) is 20.4 Å². The Morgan fingerprint density at radius 3 is 2.52 bits per heavy atom. The number of hydrazine groups is 1. The number of rotatable bonds is 4. The molecule has 0 saturated heterocycles. The predicted octanol–water partition coefficient (Wildman–Crippen LogP) is 2.05. The van der Waals surface area contributed by atoms with E-state index in [0.717, 1.165) is 10.8 Å². The Labute approximate surface area is 142 Å². The van der Waals surface area contributed by atoms with E-state index in [-0.39, 0.29) is 5.76 Å². The molecule has 0 saturated carbocycles. The van der Waals surface area contributed by atoms with E-state index < -0.39 is 24.4 Å². The fraction of sp³-hybridized carbons (Fsp3) is 0.0556. The fourth-order valence-electron chi connectivity index (χ4n) is 2.24. The summed E-state index contributed by atoms with van der Waals surface area (Å²) >= 11 is 0. The van der Waals surface area contributed by atoms with Gasteiger partial charge in [0.1, 0.15) is 0 Å². The van der Waals surface area contributed by atoms with Gasteiger partial charge in [-0.25, -0.2) is 4.79 Å². The van der Waals surface area contributed by atoms with Crippen molar-refractivity contribution in [2.45, 2.75) is 0 Å². The molecule has 7 nitrogen and oxygen atoms in total. The maximum atomic E-state index is 12.2. The molecule has 0 atom stereocenters. The Kier molecular flexibility index (Phi) is 4.75. The smallest absolute Gasteiger partial charge is 0.339 e. The highest BCUT2D eigenvalue weighted by Crippen LogP contribution is 2.19. The molecule has 0 fully saturated rings. The molecule has 1 aromatic heterocycles. The molecular formula is C18H14N2O5. The highest BCUT2D eigenvalue weighted by Gasteiger charge is 2.14. The molecule has 0 bridgehead atoms. The van der Waals surface area contributed by atoms with Crippen molar-refractivity contribution in [1.82, 2.24) is 10.9 Å². The minimum absolute atomic E-state index is 0.0491. The Morgan fingerprint density at radius 1 is 0.920 bits per heavy atom. The highest BCUT2D eigenvalue weighted by atomic mass is 16.5. The van der Waals surface area contributed by atoms with Crippen LogP contribution in [0.3, 0.4) is 0 Å². The second-order valence-corrected chi connectivity index (χ2v) is 5.08. The predicted molar refractivity (Wildman–Crippen MR) is 88.5 cm³/mol. The van der Waals surface area contributed by atoms with Gasteiger partial charge >= 0.3 is 11.9 Å². The Hall–Kier alpha value is -3.61. The van der Waals surface area contributed by atoms with Crippen LogP contribution in [-0.2, 0) is 9.53 Å². The van der Waals surface area contributed by atoms with Gasteiger partial charge in [0.05, 0.1) is 11.8 Å². The lowest BCUT2D eigenvalue weighted by atomic mass is 10.1. The lowest BCUT2D eigenvalue weighted by Gasteiger charge is -2.08. The normalized spacial score (nSPS) is 10.2. The quantitative estimate of drug-likeness (QED) is 0.560. The largest absolute Gasteiger partial charge is 0.459 e. The van der Waals surface area contributed by atoms with Crippen LogP contribution in [0.4, 0.5) is 0 Å². The van der Waals surface area contributed by atoms with Gasteiger partial charge in [-0.15, -0.1) is 0 Å². The van der Waals surface area contributed by atoms with Crippen LogP contribution in [0.5, 0.6) is 0 Å². The van der Waals surface area contributed by atoms with Crippen molar-refractivity contribution in [2.75, 3.05) is 6.61 Å². The number of ether oxygens (including phenoxy) is 1. The highest BCUT2D eigenvalue weighted by molar-refractivity contribution is 6.05. The van der Waals surface area contributed by atoms with Crippen LogP contribution in [0.15, 0.2) is 65.3 Å². The second-order valence-electron chi connectivity index (χ2n) is 5.08. The van der Waals surface area contributed by atoms with Gasteiger partial charge < -0.3 is 9.15 Å².